The Morgan fingerprint density at radius 3 is 2.49 bits per heavy atom. The van der Waals surface area contributed by atoms with Gasteiger partial charge in [0.15, 0.2) is 0 Å². The molecule has 1 amide bonds. The molecule has 3 heterocycles. The number of aliphatic hydroxyl groups excluding tert-OH is 1. The highest BCUT2D eigenvalue weighted by Gasteiger charge is 2.36. The Morgan fingerprint density at radius 1 is 1.11 bits per heavy atom. The number of aliphatic hydroxyl groups is 1. The number of carbonyl (C=O) groups excluding carboxylic acids is 1. The highest BCUT2D eigenvalue weighted by Crippen LogP contribution is 2.44. The molecule has 2 aliphatic heterocycles. The number of piperidine rings is 1. The number of anilines is 1. The van der Waals surface area contributed by atoms with Gasteiger partial charge in [0.05, 0.1) is 17.7 Å². The molecule has 2 fully saturated rings. The van der Waals surface area contributed by atoms with Crippen molar-refractivity contribution in [2.45, 2.75) is 50.3 Å². The standard InChI is InChI=1S/C26H33ClFN5O2/c1-17-14-22(28)24-23(17)25(30-16-29-24)32-10-12-33(13-11-32)26(35)21(18-2-4-19(27)5-3-18)15-31-8-6-20(34)7-9-31/h2-5,16-17,20-22,34H,6-15H2,1H3/t17-,21+,22-/m1/s1. The Labute approximate surface area is 210 Å². The van der Waals surface area contributed by atoms with E-state index in [0.29, 0.717) is 49.9 Å². The third-order valence-corrected chi connectivity index (χ3v) is 7.95. The van der Waals surface area contributed by atoms with E-state index in [1.807, 2.05) is 36.1 Å². The minimum atomic E-state index is -1.03. The molecule has 0 spiro atoms. The minimum absolute atomic E-state index is 0.0909. The molecule has 0 bridgehead atoms. The summed E-state index contributed by atoms with van der Waals surface area (Å²) in [6.45, 7) is 6.73. The van der Waals surface area contributed by atoms with Gasteiger partial charge in [0.2, 0.25) is 5.91 Å². The molecule has 3 atom stereocenters. The van der Waals surface area contributed by atoms with Gasteiger partial charge in [-0.3, -0.25) is 4.79 Å². The van der Waals surface area contributed by atoms with E-state index in [9.17, 15) is 14.3 Å². The number of fused-ring (bicyclic) bond motifs is 1. The normalized spacial score (nSPS) is 24.5. The summed E-state index contributed by atoms with van der Waals surface area (Å²) in [6, 6.07) is 7.56. The molecule has 188 valence electrons. The van der Waals surface area contributed by atoms with Crippen LogP contribution in [-0.2, 0) is 4.79 Å². The maximum atomic E-state index is 14.4. The molecular formula is C26H33ClFN5O2. The quantitative estimate of drug-likeness (QED) is 0.675. The van der Waals surface area contributed by atoms with Crippen molar-refractivity contribution in [2.24, 2.45) is 0 Å². The molecule has 0 radical (unpaired) electrons. The molecular weight excluding hydrogens is 469 g/mol. The number of hydrogen-bond donors (Lipinski definition) is 1. The lowest BCUT2D eigenvalue weighted by Gasteiger charge is -2.39. The average Bonchev–Trinajstić information content (AvgIpc) is 3.17. The Balaban J connectivity index is 1.29. The summed E-state index contributed by atoms with van der Waals surface area (Å²) in [7, 11) is 0. The molecule has 35 heavy (non-hydrogen) atoms. The van der Waals surface area contributed by atoms with Gasteiger partial charge in [0.25, 0.3) is 0 Å². The first-order valence-corrected chi connectivity index (χ1v) is 13.0. The van der Waals surface area contributed by atoms with Crippen LogP contribution in [0.4, 0.5) is 10.2 Å². The molecule has 3 aliphatic rings. The number of likely N-dealkylation sites (tertiary alicyclic amines) is 1. The molecule has 1 N–H and O–H groups in total. The summed E-state index contributed by atoms with van der Waals surface area (Å²) >= 11 is 6.11. The van der Waals surface area contributed by atoms with Gasteiger partial charge in [-0.1, -0.05) is 30.7 Å². The predicted octanol–water partition coefficient (Wildman–Crippen LogP) is 3.54. The van der Waals surface area contributed by atoms with Crippen LogP contribution in [0.25, 0.3) is 0 Å². The Kier molecular flexibility index (Phi) is 7.23. The van der Waals surface area contributed by atoms with Crippen LogP contribution in [0.5, 0.6) is 0 Å². The van der Waals surface area contributed by atoms with Crippen molar-refractivity contribution in [1.29, 1.82) is 0 Å². The molecule has 2 saturated heterocycles. The average molecular weight is 502 g/mol. The molecule has 5 rings (SSSR count). The Bertz CT molecular complexity index is 1040. The Morgan fingerprint density at radius 2 is 1.80 bits per heavy atom. The number of piperazine rings is 1. The van der Waals surface area contributed by atoms with Crippen molar-refractivity contribution in [1.82, 2.24) is 19.8 Å². The van der Waals surface area contributed by atoms with E-state index < -0.39 is 6.17 Å². The smallest absolute Gasteiger partial charge is 0.231 e. The van der Waals surface area contributed by atoms with Crippen molar-refractivity contribution < 1.29 is 14.3 Å². The highest BCUT2D eigenvalue weighted by molar-refractivity contribution is 6.30. The van der Waals surface area contributed by atoms with E-state index in [1.165, 1.54) is 6.33 Å². The fourth-order valence-corrected chi connectivity index (χ4v) is 5.78. The summed E-state index contributed by atoms with van der Waals surface area (Å²) in [5, 5.41) is 10.5. The number of alkyl halides is 1. The van der Waals surface area contributed by atoms with Crippen LogP contribution in [0.2, 0.25) is 5.02 Å². The van der Waals surface area contributed by atoms with Crippen LogP contribution in [0.3, 0.4) is 0 Å². The van der Waals surface area contributed by atoms with Crippen LogP contribution in [0.15, 0.2) is 30.6 Å². The zero-order valence-electron chi connectivity index (χ0n) is 20.1. The van der Waals surface area contributed by atoms with Gasteiger partial charge in [-0.05, 0) is 42.9 Å². The molecule has 1 aromatic carbocycles. The lowest BCUT2D eigenvalue weighted by molar-refractivity contribution is -0.133. The van der Waals surface area contributed by atoms with Crippen molar-refractivity contribution in [3.8, 4) is 0 Å². The van der Waals surface area contributed by atoms with Gasteiger partial charge in [-0.25, -0.2) is 14.4 Å². The maximum Gasteiger partial charge on any atom is 0.231 e. The van der Waals surface area contributed by atoms with Crippen molar-refractivity contribution in [2.75, 3.05) is 50.7 Å². The zero-order chi connectivity index (χ0) is 24.5. The van der Waals surface area contributed by atoms with Crippen LogP contribution in [0, 0.1) is 0 Å². The maximum absolute atomic E-state index is 14.4. The van der Waals surface area contributed by atoms with Gasteiger partial charge in [-0.15, -0.1) is 0 Å². The number of rotatable bonds is 5. The second kappa shape index (κ2) is 10.4. The molecule has 9 heteroatoms. The van der Waals surface area contributed by atoms with Crippen LogP contribution in [0.1, 0.15) is 61.0 Å². The third kappa shape index (κ3) is 5.15. The minimum Gasteiger partial charge on any atom is -0.393 e. The van der Waals surface area contributed by atoms with Gasteiger partial charge >= 0.3 is 0 Å². The molecule has 1 aromatic heterocycles. The first kappa shape index (κ1) is 24.4. The summed E-state index contributed by atoms with van der Waals surface area (Å²) in [4.78, 5) is 28.9. The molecule has 2 aromatic rings. The second-order valence-corrected chi connectivity index (χ2v) is 10.5. The molecule has 7 nitrogen and oxygen atoms in total. The topological polar surface area (TPSA) is 72.8 Å². The highest BCUT2D eigenvalue weighted by atomic mass is 35.5. The summed E-state index contributed by atoms with van der Waals surface area (Å²) in [5.74, 6) is 0.733. The van der Waals surface area contributed by atoms with Gasteiger partial charge < -0.3 is 19.8 Å². The van der Waals surface area contributed by atoms with E-state index in [1.54, 1.807) is 0 Å². The van der Waals surface area contributed by atoms with Crippen LogP contribution < -0.4 is 4.90 Å². The number of halogens is 2. The largest absolute Gasteiger partial charge is 0.393 e. The van der Waals surface area contributed by atoms with Crippen molar-refractivity contribution in [3.05, 3.63) is 52.4 Å². The van der Waals surface area contributed by atoms with E-state index in [-0.39, 0.29) is 23.8 Å². The van der Waals surface area contributed by atoms with E-state index >= 15 is 0 Å². The fourth-order valence-electron chi connectivity index (χ4n) is 5.65. The summed E-state index contributed by atoms with van der Waals surface area (Å²) in [5.41, 5.74) is 2.41. The van der Waals surface area contributed by atoms with E-state index in [0.717, 1.165) is 42.9 Å². The van der Waals surface area contributed by atoms with E-state index in [2.05, 4.69) is 19.8 Å². The number of carbonyl (C=O) groups is 1. The van der Waals surface area contributed by atoms with E-state index in [4.69, 9.17) is 11.6 Å². The summed E-state index contributed by atoms with van der Waals surface area (Å²) < 4.78 is 14.4. The van der Waals surface area contributed by atoms with Crippen molar-refractivity contribution in [3.63, 3.8) is 0 Å². The fraction of sp³-hybridized carbons (Fsp3) is 0.577. The molecule has 0 saturated carbocycles. The molecule has 0 unspecified atom stereocenters. The van der Waals surface area contributed by atoms with Crippen molar-refractivity contribution >= 4 is 23.3 Å². The second-order valence-electron chi connectivity index (χ2n) is 10.0. The van der Waals surface area contributed by atoms with Crippen LogP contribution >= 0.6 is 11.6 Å². The van der Waals surface area contributed by atoms with Gasteiger partial charge in [-0.2, -0.15) is 0 Å². The zero-order valence-corrected chi connectivity index (χ0v) is 20.9. The van der Waals surface area contributed by atoms with Crippen LogP contribution in [-0.4, -0.2) is 82.7 Å². The number of nitrogens with zero attached hydrogens (tertiary/aromatic N) is 5. The van der Waals surface area contributed by atoms with Gasteiger partial charge in [0, 0.05) is 56.4 Å². The first-order valence-electron chi connectivity index (χ1n) is 12.6. The predicted molar refractivity (Wildman–Crippen MR) is 134 cm³/mol. The Hall–Kier alpha value is -2.29. The summed E-state index contributed by atoms with van der Waals surface area (Å²) in [6.07, 6.45) is 2.12. The van der Waals surface area contributed by atoms with Gasteiger partial charge in [0.1, 0.15) is 18.3 Å². The first-order chi connectivity index (χ1) is 16.9. The lowest BCUT2D eigenvalue weighted by atomic mass is 9.95. The number of benzene rings is 1. The number of amides is 1. The number of hydrogen-bond acceptors (Lipinski definition) is 6. The number of aromatic nitrogens is 2. The lowest BCUT2D eigenvalue weighted by Crippen LogP contribution is -2.52. The molecule has 1 aliphatic carbocycles. The monoisotopic (exact) mass is 501 g/mol. The SMILES string of the molecule is C[C@@H]1C[C@@H](F)c2ncnc(N3CCN(C(=O)[C@@H](CN4CCC(O)CC4)c4ccc(Cl)cc4)CC3)c21. The third-order valence-electron chi connectivity index (χ3n) is 7.70.